The number of aryl methyl sites for hydroxylation is 1. The number of hydrogen-bond acceptors (Lipinski definition) is 4. The number of methoxy groups -OCH3 is 1. The highest BCUT2D eigenvalue weighted by atomic mass is 35.5. The average molecular weight is 403 g/mol. The monoisotopic (exact) mass is 402 g/mol. The Morgan fingerprint density at radius 3 is 2.32 bits per heavy atom. The Hall–Kier alpha value is -2.60. The molecule has 1 aromatic heterocycles. The van der Waals surface area contributed by atoms with Gasteiger partial charge in [-0.1, -0.05) is 11.6 Å². The van der Waals surface area contributed by atoms with Gasteiger partial charge in [-0.15, -0.1) is 0 Å². The second kappa shape index (κ2) is 7.80. The van der Waals surface area contributed by atoms with E-state index in [2.05, 4.69) is 4.98 Å². The van der Waals surface area contributed by atoms with Gasteiger partial charge in [0, 0.05) is 27.9 Å². The SMILES string of the molecule is COC(=O)c1[nH]c(C)c(C(=O)C(C)N(C(=O)c2ccc(Cl)cc2)C2CC2)c1C. The first-order valence-corrected chi connectivity index (χ1v) is 9.54. The maximum atomic E-state index is 13.3. The highest BCUT2D eigenvalue weighted by Crippen LogP contribution is 2.32. The molecule has 1 atom stereocenters. The topological polar surface area (TPSA) is 79.5 Å². The van der Waals surface area contributed by atoms with E-state index in [-0.39, 0.29) is 23.4 Å². The molecular formula is C21H23ClN2O4. The number of nitrogens with one attached hydrogen (secondary N) is 1. The first-order valence-electron chi connectivity index (χ1n) is 9.16. The second-order valence-corrected chi connectivity index (χ2v) is 7.54. The zero-order valence-corrected chi connectivity index (χ0v) is 17.1. The molecule has 1 amide bonds. The number of carbonyl (C=O) groups is 3. The van der Waals surface area contributed by atoms with Gasteiger partial charge >= 0.3 is 5.97 Å². The summed E-state index contributed by atoms with van der Waals surface area (Å²) < 4.78 is 4.77. The minimum absolute atomic E-state index is 0.0433. The molecular weight excluding hydrogens is 380 g/mol. The average Bonchev–Trinajstić information content (AvgIpc) is 3.46. The smallest absolute Gasteiger partial charge is 0.354 e. The van der Waals surface area contributed by atoms with Gasteiger partial charge in [0.25, 0.3) is 5.91 Å². The molecule has 0 radical (unpaired) electrons. The second-order valence-electron chi connectivity index (χ2n) is 7.11. The zero-order chi connectivity index (χ0) is 20.6. The highest BCUT2D eigenvalue weighted by Gasteiger charge is 2.40. The summed E-state index contributed by atoms with van der Waals surface area (Å²) in [4.78, 5) is 42.9. The van der Waals surface area contributed by atoms with Crippen LogP contribution in [-0.2, 0) is 4.74 Å². The number of aromatic nitrogens is 1. The Kier molecular flexibility index (Phi) is 5.61. The van der Waals surface area contributed by atoms with Gasteiger partial charge in [-0.3, -0.25) is 9.59 Å². The molecule has 3 rings (SSSR count). The molecule has 0 spiro atoms. The lowest BCUT2D eigenvalue weighted by Gasteiger charge is -2.29. The van der Waals surface area contributed by atoms with E-state index in [9.17, 15) is 14.4 Å². The number of carbonyl (C=O) groups excluding carboxylic acids is 3. The van der Waals surface area contributed by atoms with Gasteiger partial charge in [0.1, 0.15) is 5.69 Å². The molecule has 1 aliphatic rings. The number of benzene rings is 1. The molecule has 0 saturated heterocycles. The van der Waals surface area contributed by atoms with E-state index in [0.29, 0.717) is 27.4 Å². The van der Waals surface area contributed by atoms with E-state index in [1.54, 1.807) is 49.9 Å². The first kappa shape index (κ1) is 20.1. The number of halogens is 1. The lowest BCUT2D eigenvalue weighted by atomic mass is 9.99. The zero-order valence-electron chi connectivity index (χ0n) is 16.3. The summed E-state index contributed by atoms with van der Waals surface area (Å²) in [7, 11) is 1.29. The molecule has 1 saturated carbocycles. The molecule has 1 aliphatic carbocycles. The van der Waals surface area contributed by atoms with E-state index in [4.69, 9.17) is 16.3 Å². The molecule has 1 fully saturated rings. The van der Waals surface area contributed by atoms with Crippen LogP contribution >= 0.6 is 11.6 Å². The number of H-pyrrole nitrogens is 1. The number of ketones is 1. The number of ether oxygens (including phenoxy) is 1. The van der Waals surface area contributed by atoms with Crippen molar-refractivity contribution in [2.45, 2.75) is 45.7 Å². The standard InChI is InChI=1S/C21H23ClN2O4/c1-11-17(12(2)23-18(11)21(27)28-4)19(25)13(3)24(16-9-10-16)20(26)14-5-7-15(22)8-6-14/h5-8,13,16,23H,9-10H2,1-4H3. The van der Waals surface area contributed by atoms with Gasteiger partial charge in [-0.25, -0.2) is 4.79 Å². The van der Waals surface area contributed by atoms with Crippen LogP contribution in [0.2, 0.25) is 5.02 Å². The molecule has 2 aromatic rings. The van der Waals surface area contributed by atoms with Crippen molar-refractivity contribution in [3.63, 3.8) is 0 Å². The summed E-state index contributed by atoms with van der Waals surface area (Å²) in [6.07, 6.45) is 1.74. The fourth-order valence-corrected chi connectivity index (χ4v) is 3.64. The number of amides is 1. The number of nitrogens with zero attached hydrogens (tertiary/aromatic N) is 1. The molecule has 1 aromatic carbocycles. The summed E-state index contributed by atoms with van der Waals surface area (Å²) in [5.41, 5.74) is 2.31. The first-order chi connectivity index (χ1) is 13.3. The number of Topliss-reactive ketones (excluding diaryl/α,β-unsaturated/α-hetero) is 1. The maximum Gasteiger partial charge on any atom is 0.354 e. The third kappa shape index (κ3) is 3.69. The van der Waals surface area contributed by atoms with Gasteiger partial charge in [0.05, 0.1) is 13.2 Å². The maximum absolute atomic E-state index is 13.3. The van der Waals surface area contributed by atoms with Crippen molar-refractivity contribution in [1.82, 2.24) is 9.88 Å². The van der Waals surface area contributed by atoms with Crippen molar-refractivity contribution in [2.75, 3.05) is 7.11 Å². The van der Waals surface area contributed by atoms with Gasteiger partial charge < -0.3 is 14.6 Å². The van der Waals surface area contributed by atoms with Crippen LogP contribution < -0.4 is 0 Å². The van der Waals surface area contributed by atoms with Crippen LogP contribution in [0.1, 0.15) is 62.2 Å². The summed E-state index contributed by atoms with van der Waals surface area (Å²) in [5, 5.41) is 0.549. The van der Waals surface area contributed by atoms with Gasteiger partial charge in [0.2, 0.25) is 0 Å². The molecule has 6 nitrogen and oxygen atoms in total. The number of hydrogen-bond donors (Lipinski definition) is 1. The largest absolute Gasteiger partial charge is 0.464 e. The fraction of sp³-hybridized carbons (Fsp3) is 0.381. The van der Waals surface area contributed by atoms with Crippen molar-refractivity contribution in [3.05, 3.63) is 57.4 Å². The third-order valence-corrected chi connectivity index (χ3v) is 5.39. The molecule has 1 heterocycles. The van der Waals surface area contributed by atoms with E-state index in [0.717, 1.165) is 12.8 Å². The summed E-state index contributed by atoms with van der Waals surface area (Å²) in [5.74, 6) is -0.918. The Labute approximate surface area is 168 Å². The number of aromatic amines is 1. The Bertz CT molecular complexity index is 929. The molecule has 7 heteroatoms. The Balaban J connectivity index is 1.92. The molecule has 1 unspecified atom stereocenters. The Morgan fingerprint density at radius 1 is 1.18 bits per heavy atom. The van der Waals surface area contributed by atoms with Crippen molar-refractivity contribution >= 4 is 29.3 Å². The summed E-state index contributed by atoms with van der Waals surface area (Å²) in [6.45, 7) is 5.18. The molecule has 0 aliphatic heterocycles. The molecule has 0 bridgehead atoms. The van der Waals surface area contributed by atoms with Crippen LogP contribution in [0.5, 0.6) is 0 Å². The van der Waals surface area contributed by atoms with Crippen molar-refractivity contribution in [1.29, 1.82) is 0 Å². The molecule has 148 valence electrons. The third-order valence-electron chi connectivity index (χ3n) is 5.14. The van der Waals surface area contributed by atoms with E-state index < -0.39 is 12.0 Å². The van der Waals surface area contributed by atoms with E-state index in [1.807, 2.05) is 0 Å². The minimum Gasteiger partial charge on any atom is -0.464 e. The lowest BCUT2D eigenvalue weighted by molar-refractivity contribution is 0.0591. The van der Waals surface area contributed by atoms with Crippen molar-refractivity contribution < 1.29 is 19.1 Å². The number of esters is 1. The van der Waals surface area contributed by atoms with Crippen LogP contribution in [0.3, 0.4) is 0 Å². The van der Waals surface area contributed by atoms with Crippen LogP contribution in [0.25, 0.3) is 0 Å². The normalized spacial score (nSPS) is 14.5. The Morgan fingerprint density at radius 2 is 1.79 bits per heavy atom. The van der Waals surface area contributed by atoms with Gasteiger partial charge in [-0.05, 0) is 63.4 Å². The number of rotatable bonds is 6. The quantitative estimate of drug-likeness (QED) is 0.586. The molecule has 28 heavy (non-hydrogen) atoms. The van der Waals surface area contributed by atoms with Crippen molar-refractivity contribution in [3.8, 4) is 0 Å². The van der Waals surface area contributed by atoms with Crippen LogP contribution in [0.4, 0.5) is 0 Å². The van der Waals surface area contributed by atoms with Gasteiger partial charge in [0.15, 0.2) is 5.78 Å². The van der Waals surface area contributed by atoms with Gasteiger partial charge in [-0.2, -0.15) is 0 Å². The highest BCUT2D eigenvalue weighted by molar-refractivity contribution is 6.30. The van der Waals surface area contributed by atoms with Crippen molar-refractivity contribution in [2.24, 2.45) is 0 Å². The predicted molar refractivity (Wildman–Crippen MR) is 106 cm³/mol. The lowest BCUT2D eigenvalue weighted by Crippen LogP contribution is -2.45. The fourth-order valence-electron chi connectivity index (χ4n) is 3.51. The van der Waals surface area contributed by atoms with Crippen LogP contribution in [-0.4, -0.2) is 46.7 Å². The summed E-state index contributed by atoms with van der Waals surface area (Å²) in [6, 6.07) is 6.04. The molecule has 1 N–H and O–H groups in total. The van der Waals surface area contributed by atoms with Crippen LogP contribution in [0, 0.1) is 13.8 Å². The van der Waals surface area contributed by atoms with Crippen LogP contribution in [0.15, 0.2) is 24.3 Å². The van der Waals surface area contributed by atoms with E-state index in [1.165, 1.54) is 7.11 Å². The minimum atomic E-state index is -0.658. The van der Waals surface area contributed by atoms with E-state index >= 15 is 0 Å². The summed E-state index contributed by atoms with van der Waals surface area (Å²) >= 11 is 5.92. The predicted octanol–water partition coefficient (Wildman–Crippen LogP) is 3.95.